The minimum atomic E-state index is -0.0942. The van der Waals surface area contributed by atoms with E-state index in [4.69, 9.17) is 9.63 Å². The summed E-state index contributed by atoms with van der Waals surface area (Å²) in [6.07, 6.45) is 2.79. The number of rotatable bonds is 6. The predicted molar refractivity (Wildman–Crippen MR) is 69.9 cm³/mol. The van der Waals surface area contributed by atoms with Gasteiger partial charge in [-0.3, -0.25) is 0 Å². The van der Waals surface area contributed by atoms with Gasteiger partial charge in [-0.15, -0.1) is 0 Å². The molecule has 1 aliphatic rings. The highest BCUT2D eigenvalue weighted by Crippen LogP contribution is 2.26. The lowest BCUT2D eigenvalue weighted by atomic mass is 10.1. The largest absolute Gasteiger partial charge is 0.395 e. The lowest BCUT2D eigenvalue weighted by molar-refractivity contribution is 0.174. The molecule has 1 aromatic heterocycles. The highest BCUT2D eigenvalue weighted by atomic mass is 16.5. The Morgan fingerprint density at radius 2 is 2.26 bits per heavy atom. The van der Waals surface area contributed by atoms with E-state index in [1.807, 2.05) is 13.8 Å². The number of aryl methyl sites for hydroxylation is 2. The number of nitrogens with one attached hydrogen (secondary N) is 1. The molecule has 0 radical (unpaired) electrons. The number of aliphatic hydroxyl groups is 1. The van der Waals surface area contributed by atoms with Crippen LogP contribution in [-0.2, 0) is 6.42 Å². The molecule has 0 unspecified atom stereocenters. The number of aliphatic hydroxyl groups excluding tert-OH is 1. The lowest BCUT2D eigenvalue weighted by Gasteiger charge is -2.21. The van der Waals surface area contributed by atoms with Gasteiger partial charge in [-0.1, -0.05) is 5.16 Å². The van der Waals surface area contributed by atoms with Crippen LogP contribution in [0.2, 0.25) is 0 Å². The van der Waals surface area contributed by atoms with Gasteiger partial charge >= 0.3 is 6.03 Å². The molecule has 1 saturated carbocycles. The molecule has 0 aromatic carbocycles. The van der Waals surface area contributed by atoms with Crippen LogP contribution in [0.1, 0.15) is 29.9 Å². The minimum absolute atomic E-state index is 0.00773. The van der Waals surface area contributed by atoms with Crippen molar-refractivity contribution in [3.05, 3.63) is 17.0 Å². The molecule has 2 N–H and O–H groups in total. The molecule has 2 rings (SSSR count). The molecule has 1 aliphatic carbocycles. The Balaban J connectivity index is 1.80. The van der Waals surface area contributed by atoms with Crippen LogP contribution in [-0.4, -0.2) is 46.9 Å². The van der Waals surface area contributed by atoms with Crippen molar-refractivity contribution in [3.63, 3.8) is 0 Å². The summed E-state index contributed by atoms with van der Waals surface area (Å²) in [5, 5.41) is 15.7. The van der Waals surface area contributed by atoms with Crippen LogP contribution in [0.4, 0.5) is 4.79 Å². The van der Waals surface area contributed by atoms with Crippen LogP contribution in [0.25, 0.3) is 0 Å². The smallest absolute Gasteiger partial charge is 0.317 e. The van der Waals surface area contributed by atoms with Gasteiger partial charge in [-0.05, 0) is 33.1 Å². The van der Waals surface area contributed by atoms with Gasteiger partial charge in [0.25, 0.3) is 0 Å². The fourth-order valence-corrected chi connectivity index (χ4v) is 2.20. The summed E-state index contributed by atoms with van der Waals surface area (Å²) < 4.78 is 5.08. The van der Waals surface area contributed by atoms with Crippen molar-refractivity contribution >= 4 is 6.03 Å². The number of hydrogen-bond donors (Lipinski definition) is 2. The van der Waals surface area contributed by atoms with Crippen molar-refractivity contribution in [1.29, 1.82) is 0 Å². The van der Waals surface area contributed by atoms with Gasteiger partial charge < -0.3 is 19.8 Å². The molecular weight excluding hydrogens is 246 g/mol. The Morgan fingerprint density at radius 1 is 1.53 bits per heavy atom. The summed E-state index contributed by atoms with van der Waals surface area (Å²) in [7, 11) is 0. The molecule has 0 saturated heterocycles. The maximum absolute atomic E-state index is 12.0. The summed E-state index contributed by atoms with van der Waals surface area (Å²) in [4.78, 5) is 13.7. The third-order valence-electron chi connectivity index (χ3n) is 3.42. The van der Waals surface area contributed by atoms with Crippen molar-refractivity contribution in [1.82, 2.24) is 15.4 Å². The van der Waals surface area contributed by atoms with Crippen LogP contribution >= 0.6 is 0 Å². The SMILES string of the molecule is Cc1noc(C)c1CCNC(=O)N(CCO)C1CC1. The first-order valence-electron chi connectivity index (χ1n) is 6.70. The molecule has 19 heavy (non-hydrogen) atoms. The van der Waals surface area contributed by atoms with E-state index < -0.39 is 0 Å². The van der Waals surface area contributed by atoms with E-state index in [0.717, 1.165) is 29.9 Å². The number of amides is 2. The Labute approximate surface area is 112 Å². The topological polar surface area (TPSA) is 78.6 Å². The quantitative estimate of drug-likeness (QED) is 0.806. The fourth-order valence-electron chi connectivity index (χ4n) is 2.20. The van der Waals surface area contributed by atoms with E-state index in [0.29, 0.717) is 25.6 Å². The van der Waals surface area contributed by atoms with Gasteiger partial charge in [0.2, 0.25) is 0 Å². The second-order valence-electron chi connectivity index (χ2n) is 4.93. The second kappa shape index (κ2) is 6.06. The van der Waals surface area contributed by atoms with Gasteiger partial charge in [0.05, 0.1) is 12.3 Å². The number of hydrogen-bond acceptors (Lipinski definition) is 4. The van der Waals surface area contributed by atoms with Crippen molar-refractivity contribution in [3.8, 4) is 0 Å². The minimum Gasteiger partial charge on any atom is -0.395 e. The van der Waals surface area contributed by atoms with Crippen LogP contribution in [0.3, 0.4) is 0 Å². The molecule has 0 bridgehead atoms. The van der Waals surface area contributed by atoms with Crippen molar-refractivity contribution in [2.45, 2.75) is 39.2 Å². The van der Waals surface area contributed by atoms with Crippen molar-refractivity contribution < 1.29 is 14.4 Å². The lowest BCUT2D eigenvalue weighted by Crippen LogP contribution is -2.43. The fraction of sp³-hybridized carbons (Fsp3) is 0.692. The van der Waals surface area contributed by atoms with E-state index in [1.165, 1.54) is 0 Å². The van der Waals surface area contributed by atoms with Gasteiger partial charge in [0, 0.05) is 24.7 Å². The molecule has 0 atom stereocenters. The van der Waals surface area contributed by atoms with Crippen LogP contribution in [0.5, 0.6) is 0 Å². The standard InChI is InChI=1S/C13H21N3O3/c1-9-12(10(2)19-15-9)5-6-14-13(18)16(7-8-17)11-3-4-11/h11,17H,3-8H2,1-2H3,(H,14,18). The van der Waals surface area contributed by atoms with E-state index in [9.17, 15) is 4.79 Å². The molecule has 6 nitrogen and oxygen atoms in total. The third kappa shape index (κ3) is 3.47. The van der Waals surface area contributed by atoms with Crippen molar-refractivity contribution in [2.24, 2.45) is 0 Å². The summed E-state index contributed by atoms with van der Waals surface area (Å²) in [6.45, 7) is 4.74. The number of nitrogens with zero attached hydrogens (tertiary/aromatic N) is 2. The highest BCUT2D eigenvalue weighted by molar-refractivity contribution is 5.74. The maximum Gasteiger partial charge on any atom is 0.317 e. The number of urea groups is 1. The zero-order chi connectivity index (χ0) is 13.8. The van der Waals surface area contributed by atoms with Gasteiger partial charge in [-0.25, -0.2) is 4.79 Å². The van der Waals surface area contributed by atoms with Crippen LogP contribution in [0, 0.1) is 13.8 Å². The molecule has 1 heterocycles. The van der Waals surface area contributed by atoms with E-state index >= 15 is 0 Å². The molecule has 2 amide bonds. The van der Waals surface area contributed by atoms with E-state index in [1.54, 1.807) is 4.90 Å². The first-order valence-corrected chi connectivity index (χ1v) is 6.70. The number of carbonyl (C=O) groups excluding carboxylic acids is 1. The van der Waals surface area contributed by atoms with Crippen molar-refractivity contribution in [2.75, 3.05) is 19.7 Å². The van der Waals surface area contributed by atoms with E-state index in [2.05, 4.69) is 10.5 Å². The average Bonchev–Trinajstić information content (AvgIpc) is 3.17. The van der Waals surface area contributed by atoms with Gasteiger partial charge in [-0.2, -0.15) is 0 Å². The van der Waals surface area contributed by atoms with Crippen LogP contribution in [0.15, 0.2) is 4.52 Å². The second-order valence-corrected chi connectivity index (χ2v) is 4.93. The molecule has 1 aromatic rings. The number of aromatic nitrogens is 1. The van der Waals surface area contributed by atoms with Crippen LogP contribution < -0.4 is 5.32 Å². The molecule has 0 aliphatic heterocycles. The first-order chi connectivity index (χ1) is 9.13. The normalized spacial score (nSPS) is 14.5. The summed E-state index contributed by atoms with van der Waals surface area (Å²) in [5.74, 6) is 0.807. The summed E-state index contributed by atoms with van der Waals surface area (Å²) in [5.41, 5.74) is 1.93. The maximum atomic E-state index is 12.0. The zero-order valence-electron chi connectivity index (χ0n) is 11.5. The summed E-state index contributed by atoms with van der Waals surface area (Å²) >= 11 is 0. The molecule has 0 spiro atoms. The van der Waals surface area contributed by atoms with E-state index in [-0.39, 0.29) is 12.6 Å². The Kier molecular flexibility index (Phi) is 4.42. The predicted octanol–water partition coefficient (Wildman–Crippen LogP) is 1.00. The monoisotopic (exact) mass is 267 g/mol. The Hall–Kier alpha value is -1.56. The third-order valence-corrected chi connectivity index (χ3v) is 3.42. The highest BCUT2D eigenvalue weighted by Gasteiger charge is 2.31. The molecule has 6 heteroatoms. The Bertz CT molecular complexity index is 421. The molecular formula is C13H21N3O3. The average molecular weight is 267 g/mol. The zero-order valence-corrected chi connectivity index (χ0v) is 11.5. The molecule has 1 fully saturated rings. The molecule has 106 valence electrons. The first kappa shape index (κ1) is 13.9. The number of carbonyl (C=O) groups is 1. The Morgan fingerprint density at radius 3 is 2.79 bits per heavy atom. The van der Waals surface area contributed by atoms with Gasteiger partial charge in [0.1, 0.15) is 5.76 Å². The van der Waals surface area contributed by atoms with Gasteiger partial charge in [0.15, 0.2) is 0 Å². The summed E-state index contributed by atoms with van der Waals surface area (Å²) in [6, 6.07) is 0.217.